The molecule has 2 aromatic heterocycles. The van der Waals surface area contributed by atoms with Gasteiger partial charge in [-0.3, -0.25) is 9.20 Å². The van der Waals surface area contributed by atoms with Crippen molar-refractivity contribution in [2.75, 3.05) is 19.4 Å². The number of fused-ring (bicyclic) bond motifs is 4. The number of aromatic nitrogens is 3. The zero-order valence-corrected chi connectivity index (χ0v) is 17.5. The number of carbonyl (C=O) groups is 1. The van der Waals surface area contributed by atoms with Crippen molar-refractivity contribution in [3.8, 4) is 5.75 Å². The van der Waals surface area contributed by atoms with E-state index in [0.29, 0.717) is 39.8 Å². The van der Waals surface area contributed by atoms with Crippen LogP contribution >= 0.6 is 0 Å². The van der Waals surface area contributed by atoms with Gasteiger partial charge in [0, 0.05) is 23.7 Å². The lowest BCUT2D eigenvalue weighted by Crippen LogP contribution is -2.33. The third-order valence-corrected chi connectivity index (χ3v) is 5.90. The van der Waals surface area contributed by atoms with Crippen LogP contribution in [0.4, 0.5) is 27.8 Å². The molecule has 2 N–H and O–H groups in total. The van der Waals surface area contributed by atoms with Gasteiger partial charge in [-0.05, 0) is 24.3 Å². The maximum absolute atomic E-state index is 13.7. The second kappa shape index (κ2) is 7.27. The predicted molar refractivity (Wildman–Crippen MR) is 112 cm³/mol. The molecule has 0 radical (unpaired) electrons. The first-order chi connectivity index (χ1) is 16.0. The Labute approximate surface area is 188 Å². The summed E-state index contributed by atoms with van der Waals surface area (Å²) in [6, 6.07) is 6.66. The SMILES string of the molecule is CN(C(=O)c1ccc2nc(N)c3cncn3c2c1)[C@@H]1COc2cc(C(F)(F)C(F)(F)F)ccc21. The molecular weight excluding hydrogens is 461 g/mol. The Bertz CT molecular complexity index is 1450. The zero-order chi connectivity index (χ0) is 24.4. The van der Waals surface area contributed by atoms with Crippen LogP contribution in [0.3, 0.4) is 0 Å². The molecule has 0 saturated heterocycles. The van der Waals surface area contributed by atoms with Crippen LogP contribution < -0.4 is 10.5 Å². The van der Waals surface area contributed by atoms with Crippen molar-refractivity contribution in [1.29, 1.82) is 0 Å². The van der Waals surface area contributed by atoms with Gasteiger partial charge in [-0.2, -0.15) is 22.0 Å². The van der Waals surface area contributed by atoms with Gasteiger partial charge < -0.3 is 15.4 Å². The van der Waals surface area contributed by atoms with Gasteiger partial charge in [0.25, 0.3) is 5.91 Å². The number of hydrogen-bond donors (Lipinski definition) is 1. The fourth-order valence-electron chi connectivity index (χ4n) is 4.03. The summed E-state index contributed by atoms with van der Waals surface area (Å²) < 4.78 is 72.6. The molecule has 1 aliphatic rings. The van der Waals surface area contributed by atoms with Crippen molar-refractivity contribution < 1.29 is 31.5 Å². The van der Waals surface area contributed by atoms with Crippen molar-refractivity contribution in [2.45, 2.75) is 18.1 Å². The number of anilines is 1. The number of alkyl halides is 5. The van der Waals surface area contributed by atoms with Crippen LogP contribution in [0.5, 0.6) is 5.75 Å². The monoisotopic (exact) mass is 477 g/mol. The number of nitrogens with zero attached hydrogens (tertiary/aromatic N) is 4. The standard InChI is InChI=1S/C22H16F5N5O2/c1-31(17-9-34-18-7-12(3-4-13(17)18)21(23,24)22(25,26)27)20(33)11-2-5-14-15(6-11)32-10-29-8-16(32)19(28)30-14/h2-8,10,17H,9H2,1H3,(H2,28,30)/t17-/m1/s1. The van der Waals surface area contributed by atoms with Crippen molar-refractivity contribution in [3.05, 3.63) is 65.6 Å². The highest BCUT2D eigenvalue weighted by Crippen LogP contribution is 2.46. The molecule has 0 spiro atoms. The summed E-state index contributed by atoms with van der Waals surface area (Å²) in [7, 11) is 1.50. The first kappa shape index (κ1) is 21.9. The van der Waals surface area contributed by atoms with E-state index in [1.807, 2.05) is 0 Å². The highest BCUT2D eigenvalue weighted by molar-refractivity contribution is 5.98. The van der Waals surface area contributed by atoms with Gasteiger partial charge in [0.1, 0.15) is 23.7 Å². The molecule has 12 heteroatoms. The van der Waals surface area contributed by atoms with Crippen molar-refractivity contribution in [2.24, 2.45) is 0 Å². The average Bonchev–Trinajstić information content (AvgIpc) is 3.45. The number of imidazole rings is 1. The van der Waals surface area contributed by atoms with E-state index in [1.54, 1.807) is 35.1 Å². The van der Waals surface area contributed by atoms with Gasteiger partial charge in [0.2, 0.25) is 0 Å². The van der Waals surface area contributed by atoms with Gasteiger partial charge in [0.05, 0.1) is 29.6 Å². The Morgan fingerprint density at radius 3 is 2.65 bits per heavy atom. The van der Waals surface area contributed by atoms with E-state index in [-0.39, 0.29) is 18.2 Å². The minimum absolute atomic E-state index is 0.0872. The summed E-state index contributed by atoms with van der Waals surface area (Å²) in [5.74, 6) is -5.26. The fraction of sp³-hybridized carbons (Fsp3) is 0.227. The Hall–Kier alpha value is -3.96. The molecule has 1 amide bonds. The number of benzene rings is 2. The molecule has 1 aliphatic heterocycles. The Morgan fingerprint density at radius 1 is 1.15 bits per heavy atom. The lowest BCUT2D eigenvalue weighted by Gasteiger charge is -2.24. The highest BCUT2D eigenvalue weighted by atomic mass is 19.4. The molecule has 0 fully saturated rings. The zero-order valence-electron chi connectivity index (χ0n) is 17.5. The first-order valence-corrected chi connectivity index (χ1v) is 9.99. The first-order valence-electron chi connectivity index (χ1n) is 9.99. The highest BCUT2D eigenvalue weighted by Gasteiger charge is 2.59. The summed E-state index contributed by atoms with van der Waals surface area (Å²) in [6.07, 6.45) is -2.64. The normalized spacial score (nSPS) is 16.0. The second-order valence-electron chi connectivity index (χ2n) is 7.92. The topological polar surface area (TPSA) is 85.8 Å². The Kier molecular flexibility index (Phi) is 4.68. The molecule has 2 aromatic carbocycles. The molecule has 1 atom stereocenters. The van der Waals surface area contributed by atoms with Crippen LogP contribution in [0.1, 0.15) is 27.5 Å². The smallest absolute Gasteiger partial charge is 0.458 e. The van der Waals surface area contributed by atoms with Gasteiger partial charge >= 0.3 is 12.1 Å². The molecule has 5 rings (SSSR count). The number of rotatable bonds is 3. The van der Waals surface area contributed by atoms with Crippen LogP contribution in [0, 0.1) is 0 Å². The van der Waals surface area contributed by atoms with Gasteiger partial charge in [-0.25, -0.2) is 9.97 Å². The minimum Gasteiger partial charge on any atom is -0.491 e. The van der Waals surface area contributed by atoms with E-state index < -0.39 is 29.6 Å². The number of halogens is 5. The molecule has 34 heavy (non-hydrogen) atoms. The molecule has 4 aromatic rings. The lowest BCUT2D eigenvalue weighted by molar-refractivity contribution is -0.289. The van der Waals surface area contributed by atoms with Gasteiger partial charge in [-0.1, -0.05) is 12.1 Å². The maximum atomic E-state index is 13.7. The van der Waals surface area contributed by atoms with E-state index >= 15 is 0 Å². The van der Waals surface area contributed by atoms with Crippen molar-refractivity contribution >= 4 is 28.3 Å². The summed E-state index contributed by atoms with van der Waals surface area (Å²) in [6.45, 7) is -0.0872. The third kappa shape index (κ3) is 3.20. The van der Waals surface area contributed by atoms with Crippen LogP contribution in [0.2, 0.25) is 0 Å². The Balaban J connectivity index is 1.46. The van der Waals surface area contributed by atoms with Crippen LogP contribution in [0.25, 0.3) is 16.6 Å². The van der Waals surface area contributed by atoms with Crippen LogP contribution in [-0.2, 0) is 5.92 Å². The number of amides is 1. The van der Waals surface area contributed by atoms with E-state index in [4.69, 9.17) is 10.5 Å². The number of nitrogen functional groups attached to an aromatic ring is 1. The number of ether oxygens (including phenoxy) is 1. The largest absolute Gasteiger partial charge is 0.491 e. The molecule has 0 bridgehead atoms. The predicted octanol–water partition coefficient (Wildman–Crippen LogP) is 4.32. The van der Waals surface area contributed by atoms with Crippen LogP contribution in [-0.4, -0.2) is 45.0 Å². The summed E-state index contributed by atoms with van der Waals surface area (Å²) >= 11 is 0. The fourth-order valence-corrected chi connectivity index (χ4v) is 4.03. The second-order valence-corrected chi connectivity index (χ2v) is 7.92. The van der Waals surface area contributed by atoms with Gasteiger partial charge in [-0.15, -0.1) is 0 Å². The number of nitrogens with two attached hydrogens (primary N) is 1. The molecule has 3 heterocycles. The number of hydrogen-bond acceptors (Lipinski definition) is 5. The van der Waals surface area contributed by atoms with Gasteiger partial charge in [0.15, 0.2) is 0 Å². The molecule has 0 saturated carbocycles. The van der Waals surface area contributed by atoms with Crippen LogP contribution in [0.15, 0.2) is 48.9 Å². The summed E-state index contributed by atoms with van der Waals surface area (Å²) in [5.41, 5.74) is 7.09. The lowest BCUT2D eigenvalue weighted by atomic mass is 10.0. The number of likely N-dealkylation sites (N-methyl/N-ethyl adjacent to an activating group) is 1. The summed E-state index contributed by atoms with van der Waals surface area (Å²) in [5, 5.41) is 0. The van der Waals surface area contributed by atoms with E-state index in [0.717, 1.165) is 6.07 Å². The van der Waals surface area contributed by atoms with Crippen molar-refractivity contribution in [1.82, 2.24) is 19.3 Å². The van der Waals surface area contributed by atoms with E-state index in [9.17, 15) is 26.7 Å². The molecular formula is C22H16F5N5O2. The molecule has 0 aliphatic carbocycles. The molecule has 7 nitrogen and oxygen atoms in total. The molecule has 176 valence electrons. The Morgan fingerprint density at radius 2 is 1.91 bits per heavy atom. The minimum atomic E-state index is -5.73. The van der Waals surface area contributed by atoms with Crippen molar-refractivity contribution in [3.63, 3.8) is 0 Å². The average molecular weight is 477 g/mol. The van der Waals surface area contributed by atoms with E-state index in [1.165, 1.54) is 11.9 Å². The van der Waals surface area contributed by atoms with E-state index in [2.05, 4.69) is 9.97 Å². The summed E-state index contributed by atoms with van der Waals surface area (Å²) in [4.78, 5) is 22.9. The quantitative estimate of drug-likeness (QED) is 0.444. The maximum Gasteiger partial charge on any atom is 0.458 e. The molecule has 0 unspecified atom stereocenters. The number of carbonyl (C=O) groups excluding carboxylic acids is 1. The third-order valence-electron chi connectivity index (χ3n) is 5.90.